The SMILES string of the molecule is O=[N+]([O-])c1ccc(-n2ccc(CO)n2)cc1F. The summed E-state index contributed by atoms with van der Waals surface area (Å²) in [5.74, 6) is -0.923. The molecule has 0 fully saturated rings. The van der Waals surface area contributed by atoms with Gasteiger partial charge in [0.25, 0.3) is 0 Å². The van der Waals surface area contributed by atoms with Crippen molar-refractivity contribution in [2.75, 3.05) is 0 Å². The van der Waals surface area contributed by atoms with Crippen LogP contribution in [-0.4, -0.2) is 19.8 Å². The second kappa shape index (κ2) is 4.30. The maximum absolute atomic E-state index is 13.3. The Balaban J connectivity index is 2.40. The molecule has 0 aliphatic rings. The Morgan fingerprint density at radius 3 is 2.76 bits per heavy atom. The van der Waals surface area contributed by atoms with Crippen LogP contribution >= 0.6 is 0 Å². The number of aliphatic hydroxyl groups is 1. The van der Waals surface area contributed by atoms with Crippen molar-refractivity contribution in [1.29, 1.82) is 0 Å². The third kappa shape index (κ3) is 2.13. The molecule has 2 aromatic rings. The first kappa shape index (κ1) is 11.2. The lowest BCUT2D eigenvalue weighted by atomic mass is 10.3. The number of halogens is 1. The van der Waals surface area contributed by atoms with Crippen LogP contribution < -0.4 is 0 Å². The van der Waals surface area contributed by atoms with Gasteiger partial charge in [-0.05, 0) is 12.1 Å². The van der Waals surface area contributed by atoms with E-state index in [1.807, 2.05) is 0 Å². The lowest BCUT2D eigenvalue weighted by Crippen LogP contribution is -1.99. The van der Waals surface area contributed by atoms with E-state index in [0.717, 1.165) is 12.1 Å². The van der Waals surface area contributed by atoms with Gasteiger partial charge in [-0.3, -0.25) is 10.1 Å². The molecule has 6 nitrogen and oxygen atoms in total. The Morgan fingerprint density at radius 1 is 1.47 bits per heavy atom. The van der Waals surface area contributed by atoms with Gasteiger partial charge in [-0.1, -0.05) is 0 Å². The summed E-state index contributed by atoms with van der Waals surface area (Å²) in [4.78, 5) is 9.64. The van der Waals surface area contributed by atoms with Crippen LogP contribution in [0.1, 0.15) is 5.69 Å². The Hall–Kier alpha value is -2.28. The molecule has 7 heteroatoms. The molecule has 1 heterocycles. The standard InChI is InChI=1S/C10H8FN3O3/c11-9-5-8(1-2-10(9)14(16)17)13-4-3-7(6-15)12-13/h1-5,15H,6H2. The fourth-order valence-electron chi connectivity index (χ4n) is 1.38. The molecular weight excluding hydrogens is 229 g/mol. The van der Waals surface area contributed by atoms with Crippen LogP contribution in [-0.2, 0) is 6.61 Å². The van der Waals surface area contributed by atoms with Crippen molar-refractivity contribution >= 4 is 5.69 Å². The molecule has 0 amide bonds. The lowest BCUT2D eigenvalue weighted by molar-refractivity contribution is -0.387. The molecule has 0 aliphatic carbocycles. The maximum atomic E-state index is 13.3. The highest BCUT2D eigenvalue weighted by Crippen LogP contribution is 2.19. The zero-order chi connectivity index (χ0) is 12.4. The molecule has 17 heavy (non-hydrogen) atoms. The van der Waals surface area contributed by atoms with Crippen LogP contribution in [0.15, 0.2) is 30.5 Å². The quantitative estimate of drug-likeness (QED) is 0.646. The number of hydrogen-bond acceptors (Lipinski definition) is 4. The van der Waals surface area contributed by atoms with E-state index in [4.69, 9.17) is 5.11 Å². The average Bonchev–Trinajstić information content (AvgIpc) is 2.76. The summed E-state index contributed by atoms with van der Waals surface area (Å²) in [5.41, 5.74) is 0.208. The Bertz CT molecular complexity index is 568. The molecule has 1 N–H and O–H groups in total. The molecule has 1 aromatic carbocycles. The van der Waals surface area contributed by atoms with Gasteiger partial charge < -0.3 is 5.11 Å². The fourth-order valence-corrected chi connectivity index (χ4v) is 1.38. The fraction of sp³-hybridized carbons (Fsp3) is 0.100. The van der Waals surface area contributed by atoms with Crippen molar-refractivity contribution in [2.24, 2.45) is 0 Å². The normalized spacial score (nSPS) is 10.5. The first-order chi connectivity index (χ1) is 8.11. The van der Waals surface area contributed by atoms with Gasteiger partial charge in [0.15, 0.2) is 0 Å². The van der Waals surface area contributed by atoms with Gasteiger partial charge in [0.05, 0.1) is 22.9 Å². The molecule has 0 spiro atoms. The van der Waals surface area contributed by atoms with E-state index >= 15 is 0 Å². The molecule has 2 rings (SSSR count). The smallest absolute Gasteiger partial charge is 0.304 e. The Morgan fingerprint density at radius 2 is 2.24 bits per heavy atom. The summed E-state index contributed by atoms with van der Waals surface area (Å²) < 4.78 is 14.7. The summed E-state index contributed by atoms with van der Waals surface area (Å²) in [6.07, 6.45) is 1.53. The first-order valence-electron chi connectivity index (χ1n) is 4.71. The number of nitro benzene ring substituents is 1. The summed E-state index contributed by atoms with van der Waals surface area (Å²) in [6.45, 7) is -0.220. The topological polar surface area (TPSA) is 81.2 Å². The van der Waals surface area contributed by atoms with E-state index in [1.165, 1.54) is 16.9 Å². The van der Waals surface area contributed by atoms with Crippen molar-refractivity contribution in [2.45, 2.75) is 6.61 Å². The van der Waals surface area contributed by atoms with Crippen LogP contribution in [0.25, 0.3) is 5.69 Å². The predicted octanol–water partition coefficient (Wildman–Crippen LogP) is 1.41. The number of hydrogen-bond donors (Lipinski definition) is 1. The summed E-state index contributed by atoms with van der Waals surface area (Å²) >= 11 is 0. The van der Waals surface area contributed by atoms with Crippen molar-refractivity contribution in [3.8, 4) is 5.69 Å². The van der Waals surface area contributed by atoms with E-state index in [2.05, 4.69) is 5.10 Å². The van der Waals surface area contributed by atoms with E-state index in [0.29, 0.717) is 11.4 Å². The second-order valence-electron chi connectivity index (χ2n) is 3.30. The number of rotatable bonds is 3. The van der Waals surface area contributed by atoms with Gasteiger partial charge in [0.2, 0.25) is 5.82 Å². The zero-order valence-corrected chi connectivity index (χ0v) is 8.58. The molecular formula is C10H8FN3O3. The predicted molar refractivity (Wildman–Crippen MR) is 56.1 cm³/mol. The zero-order valence-electron chi connectivity index (χ0n) is 8.58. The molecule has 0 saturated heterocycles. The van der Waals surface area contributed by atoms with Gasteiger partial charge in [-0.2, -0.15) is 9.49 Å². The van der Waals surface area contributed by atoms with Crippen molar-refractivity contribution in [3.05, 3.63) is 52.1 Å². The molecule has 1 aromatic heterocycles. The van der Waals surface area contributed by atoms with Crippen molar-refractivity contribution in [1.82, 2.24) is 9.78 Å². The van der Waals surface area contributed by atoms with Gasteiger partial charge >= 0.3 is 5.69 Å². The monoisotopic (exact) mass is 237 g/mol. The van der Waals surface area contributed by atoms with Crippen LogP contribution in [0.4, 0.5) is 10.1 Å². The largest absolute Gasteiger partial charge is 0.390 e. The average molecular weight is 237 g/mol. The van der Waals surface area contributed by atoms with Gasteiger partial charge in [0, 0.05) is 18.3 Å². The summed E-state index contributed by atoms with van der Waals surface area (Å²) in [6, 6.07) is 5.05. The van der Waals surface area contributed by atoms with E-state index in [-0.39, 0.29) is 6.61 Å². The highest BCUT2D eigenvalue weighted by atomic mass is 19.1. The summed E-state index contributed by atoms with van der Waals surface area (Å²) in [7, 11) is 0. The van der Waals surface area contributed by atoms with Crippen LogP contribution in [0, 0.1) is 15.9 Å². The third-order valence-corrected chi connectivity index (χ3v) is 2.20. The van der Waals surface area contributed by atoms with Gasteiger partial charge in [-0.25, -0.2) is 4.68 Å². The number of aliphatic hydroxyl groups excluding tert-OH is 1. The van der Waals surface area contributed by atoms with Crippen LogP contribution in [0.2, 0.25) is 0 Å². The highest BCUT2D eigenvalue weighted by Gasteiger charge is 2.14. The van der Waals surface area contributed by atoms with Gasteiger partial charge in [0.1, 0.15) is 0 Å². The minimum Gasteiger partial charge on any atom is -0.390 e. The van der Waals surface area contributed by atoms with Crippen molar-refractivity contribution in [3.63, 3.8) is 0 Å². The minimum absolute atomic E-state index is 0.220. The van der Waals surface area contributed by atoms with E-state index in [1.54, 1.807) is 6.07 Å². The molecule has 0 radical (unpaired) electrons. The van der Waals surface area contributed by atoms with E-state index < -0.39 is 16.4 Å². The molecule has 0 unspecified atom stereocenters. The number of nitrogens with zero attached hydrogens (tertiary/aromatic N) is 3. The Kier molecular flexibility index (Phi) is 2.84. The lowest BCUT2D eigenvalue weighted by Gasteiger charge is -2.01. The number of benzene rings is 1. The molecule has 0 bridgehead atoms. The second-order valence-corrected chi connectivity index (χ2v) is 3.30. The molecule has 0 atom stereocenters. The number of nitro groups is 1. The molecule has 0 aliphatic heterocycles. The minimum atomic E-state index is -0.923. The molecule has 0 saturated carbocycles. The highest BCUT2D eigenvalue weighted by molar-refractivity contribution is 5.41. The third-order valence-electron chi connectivity index (χ3n) is 2.20. The maximum Gasteiger partial charge on any atom is 0.304 e. The molecule has 88 valence electrons. The van der Waals surface area contributed by atoms with Crippen LogP contribution in [0.5, 0.6) is 0 Å². The first-order valence-corrected chi connectivity index (χ1v) is 4.71. The summed E-state index contributed by atoms with van der Waals surface area (Å²) in [5, 5.41) is 23.2. The van der Waals surface area contributed by atoms with E-state index in [9.17, 15) is 14.5 Å². The van der Waals surface area contributed by atoms with Crippen molar-refractivity contribution < 1.29 is 14.4 Å². The Labute approximate surface area is 95.1 Å². The number of aromatic nitrogens is 2. The van der Waals surface area contributed by atoms with Crippen LogP contribution in [0.3, 0.4) is 0 Å². The van der Waals surface area contributed by atoms with Gasteiger partial charge in [-0.15, -0.1) is 0 Å².